The number of hydrogen-bond donors (Lipinski definition) is 0. The summed E-state index contributed by atoms with van der Waals surface area (Å²) in [6.07, 6.45) is 1.64. The summed E-state index contributed by atoms with van der Waals surface area (Å²) in [6.45, 7) is 7.56. The highest BCUT2D eigenvalue weighted by Crippen LogP contribution is 2.31. The number of nitrogens with zero attached hydrogens (tertiary/aromatic N) is 5. The molecule has 0 atom stereocenters. The van der Waals surface area contributed by atoms with Gasteiger partial charge in [-0.3, -0.25) is 14.4 Å². The van der Waals surface area contributed by atoms with Crippen molar-refractivity contribution in [3.63, 3.8) is 0 Å². The van der Waals surface area contributed by atoms with Gasteiger partial charge in [0.1, 0.15) is 5.69 Å². The molecule has 26 heavy (non-hydrogen) atoms. The second-order valence-corrected chi connectivity index (χ2v) is 7.86. The number of anilines is 1. The molecule has 0 fully saturated rings. The van der Waals surface area contributed by atoms with Crippen LogP contribution in [0.5, 0.6) is 0 Å². The van der Waals surface area contributed by atoms with Gasteiger partial charge in [-0.25, -0.2) is 4.98 Å². The zero-order valence-electron chi connectivity index (χ0n) is 15.1. The van der Waals surface area contributed by atoms with Crippen molar-refractivity contribution in [1.29, 1.82) is 0 Å². The van der Waals surface area contributed by atoms with Gasteiger partial charge in [0, 0.05) is 30.8 Å². The molecule has 3 aromatic rings. The van der Waals surface area contributed by atoms with Crippen molar-refractivity contribution < 1.29 is 4.79 Å². The third-order valence-corrected chi connectivity index (χ3v) is 5.92. The lowest BCUT2D eigenvalue weighted by molar-refractivity contribution is 0.0974. The minimum atomic E-state index is -0.0738. The molecule has 2 heterocycles. The summed E-state index contributed by atoms with van der Waals surface area (Å²) in [5.41, 5.74) is 1.46. The van der Waals surface area contributed by atoms with Crippen LogP contribution in [0.1, 0.15) is 24.3 Å². The van der Waals surface area contributed by atoms with Crippen LogP contribution in [0.25, 0.3) is 10.2 Å². The SMILES string of the molecule is CCN(CC)CCN(C(=O)c1ccnn1C)c1nc2ccc(Br)cc2s1. The Labute approximate surface area is 165 Å². The fourth-order valence-corrected chi connectivity index (χ4v) is 4.33. The van der Waals surface area contributed by atoms with Crippen LogP contribution in [0.3, 0.4) is 0 Å². The van der Waals surface area contributed by atoms with Crippen LogP contribution in [-0.2, 0) is 7.05 Å². The maximum atomic E-state index is 13.2. The van der Waals surface area contributed by atoms with Crippen molar-refractivity contribution in [3.8, 4) is 0 Å². The molecule has 0 N–H and O–H groups in total. The van der Waals surface area contributed by atoms with Crippen molar-refractivity contribution in [1.82, 2.24) is 19.7 Å². The molecule has 0 aliphatic carbocycles. The highest BCUT2D eigenvalue weighted by Gasteiger charge is 2.24. The lowest BCUT2D eigenvalue weighted by Crippen LogP contribution is -2.39. The van der Waals surface area contributed by atoms with Crippen LogP contribution in [0.2, 0.25) is 0 Å². The maximum absolute atomic E-state index is 13.2. The highest BCUT2D eigenvalue weighted by atomic mass is 79.9. The largest absolute Gasteiger partial charge is 0.302 e. The molecular formula is C18H22BrN5OS. The first-order valence-electron chi connectivity index (χ1n) is 8.61. The number of hydrogen-bond acceptors (Lipinski definition) is 5. The molecule has 0 aliphatic heterocycles. The first-order valence-corrected chi connectivity index (χ1v) is 10.2. The third kappa shape index (κ3) is 3.97. The minimum absolute atomic E-state index is 0.0738. The van der Waals surface area contributed by atoms with E-state index in [0.29, 0.717) is 12.2 Å². The van der Waals surface area contributed by atoms with Gasteiger partial charge in [0.15, 0.2) is 5.13 Å². The molecule has 1 aromatic carbocycles. The predicted octanol–water partition coefficient (Wildman–Crippen LogP) is 3.78. The quantitative estimate of drug-likeness (QED) is 0.566. The molecular weight excluding hydrogens is 414 g/mol. The van der Waals surface area contributed by atoms with E-state index in [1.165, 1.54) is 11.3 Å². The average Bonchev–Trinajstić information content (AvgIpc) is 3.23. The number of benzene rings is 1. The molecule has 0 radical (unpaired) electrons. The van der Waals surface area contributed by atoms with Gasteiger partial charge in [-0.2, -0.15) is 5.10 Å². The first kappa shape index (κ1) is 19.0. The predicted molar refractivity (Wildman–Crippen MR) is 110 cm³/mol. The molecule has 0 saturated heterocycles. The van der Waals surface area contributed by atoms with Crippen molar-refractivity contribution in [2.24, 2.45) is 7.05 Å². The molecule has 138 valence electrons. The molecule has 8 heteroatoms. The molecule has 0 spiro atoms. The van der Waals surface area contributed by atoms with Gasteiger partial charge in [0.05, 0.1) is 10.2 Å². The number of amides is 1. The van der Waals surface area contributed by atoms with Gasteiger partial charge in [-0.05, 0) is 37.4 Å². The number of fused-ring (bicyclic) bond motifs is 1. The highest BCUT2D eigenvalue weighted by molar-refractivity contribution is 9.10. The summed E-state index contributed by atoms with van der Waals surface area (Å²) in [6, 6.07) is 7.72. The lowest BCUT2D eigenvalue weighted by Gasteiger charge is -2.24. The van der Waals surface area contributed by atoms with E-state index in [2.05, 4.69) is 39.8 Å². The molecule has 0 unspecified atom stereocenters. The van der Waals surface area contributed by atoms with Crippen LogP contribution in [0.4, 0.5) is 5.13 Å². The third-order valence-electron chi connectivity index (χ3n) is 4.39. The van der Waals surface area contributed by atoms with Gasteiger partial charge < -0.3 is 4.90 Å². The summed E-state index contributed by atoms with van der Waals surface area (Å²) in [7, 11) is 1.78. The molecule has 0 bridgehead atoms. The van der Waals surface area contributed by atoms with E-state index in [4.69, 9.17) is 4.98 Å². The number of thiazole rings is 1. The van der Waals surface area contributed by atoms with Crippen LogP contribution in [-0.4, -0.2) is 51.8 Å². The van der Waals surface area contributed by atoms with Gasteiger partial charge >= 0.3 is 0 Å². The number of rotatable bonds is 7. The summed E-state index contributed by atoms with van der Waals surface area (Å²) >= 11 is 5.03. The summed E-state index contributed by atoms with van der Waals surface area (Å²) < 4.78 is 3.67. The van der Waals surface area contributed by atoms with Gasteiger partial charge in [-0.1, -0.05) is 41.1 Å². The number of aryl methyl sites for hydroxylation is 1. The maximum Gasteiger partial charge on any atom is 0.278 e. The summed E-state index contributed by atoms with van der Waals surface area (Å²) in [5.74, 6) is -0.0738. The fraction of sp³-hybridized carbons (Fsp3) is 0.389. The van der Waals surface area contributed by atoms with E-state index < -0.39 is 0 Å². The van der Waals surface area contributed by atoms with Gasteiger partial charge in [-0.15, -0.1) is 0 Å². The normalized spacial score (nSPS) is 11.4. The Kier molecular flexibility index (Phi) is 6.05. The van der Waals surface area contributed by atoms with E-state index in [9.17, 15) is 4.79 Å². The van der Waals surface area contributed by atoms with Crippen LogP contribution < -0.4 is 4.90 Å². The Morgan fingerprint density at radius 1 is 1.23 bits per heavy atom. The Bertz CT molecular complexity index is 902. The van der Waals surface area contributed by atoms with Crippen LogP contribution in [0.15, 0.2) is 34.9 Å². The standard InChI is InChI=1S/C18H22BrN5OS/c1-4-23(5-2)10-11-24(17(25)15-8-9-20-22(15)3)18-21-14-7-6-13(19)12-16(14)26-18/h6-9,12H,4-5,10-11H2,1-3H3. The first-order chi connectivity index (χ1) is 12.5. The second kappa shape index (κ2) is 8.28. The molecule has 2 aromatic heterocycles. The van der Waals surface area contributed by atoms with E-state index in [-0.39, 0.29) is 5.91 Å². The van der Waals surface area contributed by atoms with E-state index in [0.717, 1.165) is 39.5 Å². The molecule has 3 rings (SSSR count). The number of likely N-dealkylation sites (N-methyl/N-ethyl adjacent to an activating group) is 1. The molecule has 0 aliphatic rings. The Morgan fingerprint density at radius 2 is 2.00 bits per heavy atom. The Balaban J connectivity index is 1.95. The van der Waals surface area contributed by atoms with E-state index in [1.54, 1.807) is 28.9 Å². The smallest absolute Gasteiger partial charge is 0.278 e. The topological polar surface area (TPSA) is 54.3 Å². The molecule has 6 nitrogen and oxygen atoms in total. The number of carbonyl (C=O) groups excluding carboxylic acids is 1. The van der Waals surface area contributed by atoms with Crippen molar-refractivity contribution in [2.75, 3.05) is 31.1 Å². The van der Waals surface area contributed by atoms with Crippen molar-refractivity contribution in [3.05, 3.63) is 40.6 Å². The monoisotopic (exact) mass is 435 g/mol. The minimum Gasteiger partial charge on any atom is -0.302 e. The number of carbonyl (C=O) groups is 1. The average molecular weight is 436 g/mol. The van der Waals surface area contributed by atoms with E-state index in [1.807, 2.05) is 18.2 Å². The summed E-state index contributed by atoms with van der Waals surface area (Å²) in [5, 5.41) is 4.85. The Hall–Kier alpha value is -1.77. The van der Waals surface area contributed by atoms with Crippen molar-refractivity contribution >= 4 is 48.5 Å². The molecule has 0 saturated carbocycles. The van der Waals surface area contributed by atoms with E-state index >= 15 is 0 Å². The molecule has 1 amide bonds. The fourth-order valence-electron chi connectivity index (χ4n) is 2.79. The van der Waals surface area contributed by atoms with Crippen LogP contribution >= 0.6 is 27.3 Å². The summed E-state index contributed by atoms with van der Waals surface area (Å²) in [4.78, 5) is 21.9. The van der Waals surface area contributed by atoms with Crippen molar-refractivity contribution in [2.45, 2.75) is 13.8 Å². The van der Waals surface area contributed by atoms with Gasteiger partial charge in [0.25, 0.3) is 5.91 Å². The zero-order valence-corrected chi connectivity index (χ0v) is 17.5. The van der Waals surface area contributed by atoms with Crippen LogP contribution in [0, 0.1) is 0 Å². The number of aromatic nitrogens is 3. The second-order valence-electron chi connectivity index (χ2n) is 5.93. The zero-order chi connectivity index (χ0) is 18.7. The van der Waals surface area contributed by atoms with Gasteiger partial charge in [0.2, 0.25) is 0 Å². The Morgan fingerprint density at radius 3 is 2.65 bits per heavy atom. The lowest BCUT2D eigenvalue weighted by atomic mass is 10.3. The number of halogens is 1.